The van der Waals surface area contributed by atoms with E-state index in [0.717, 1.165) is 28.1 Å². The molecule has 19 heavy (non-hydrogen) atoms. The van der Waals surface area contributed by atoms with Crippen molar-refractivity contribution in [3.8, 4) is 23.1 Å². The quantitative estimate of drug-likeness (QED) is 0.829. The molecule has 4 heteroatoms. The molecule has 1 aromatic carbocycles. The standard InChI is InChI=1S/C15H17N3O/c1-9-6-10(2)14(15(19-5)11(9)3)13-7-12(8-16)17-18(13)4/h6-7H,1-5H3. The van der Waals surface area contributed by atoms with E-state index in [9.17, 15) is 0 Å². The predicted molar refractivity (Wildman–Crippen MR) is 74.1 cm³/mol. The van der Waals surface area contributed by atoms with Crippen LogP contribution < -0.4 is 4.74 Å². The van der Waals surface area contributed by atoms with Gasteiger partial charge in [-0.2, -0.15) is 10.4 Å². The Hall–Kier alpha value is -2.28. The van der Waals surface area contributed by atoms with Gasteiger partial charge in [0.15, 0.2) is 5.69 Å². The zero-order chi connectivity index (χ0) is 14.2. The number of nitrogens with zero attached hydrogens (tertiary/aromatic N) is 3. The molecule has 1 heterocycles. The minimum absolute atomic E-state index is 0.414. The molecule has 1 aromatic heterocycles. The first-order valence-corrected chi connectivity index (χ1v) is 6.09. The number of methoxy groups -OCH3 is 1. The SMILES string of the molecule is COc1c(C)c(C)cc(C)c1-c1cc(C#N)nn1C. The van der Waals surface area contributed by atoms with Crippen LogP contribution in [-0.2, 0) is 7.05 Å². The number of rotatable bonds is 2. The maximum absolute atomic E-state index is 8.96. The maximum Gasteiger partial charge on any atom is 0.163 e. The van der Waals surface area contributed by atoms with Gasteiger partial charge in [0.2, 0.25) is 0 Å². The monoisotopic (exact) mass is 255 g/mol. The molecule has 0 spiro atoms. The second-order valence-electron chi connectivity index (χ2n) is 4.69. The highest BCUT2D eigenvalue weighted by Crippen LogP contribution is 2.37. The van der Waals surface area contributed by atoms with E-state index in [2.05, 4.69) is 24.2 Å². The highest BCUT2D eigenvalue weighted by Gasteiger charge is 2.17. The van der Waals surface area contributed by atoms with Gasteiger partial charge in [0, 0.05) is 18.7 Å². The summed E-state index contributed by atoms with van der Waals surface area (Å²) in [5.74, 6) is 0.852. The first kappa shape index (κ1) is 13.2. The van der Waals surface area contributed by atoms with Crippen LogP contribution in [-0.4, -0.2) is 16.9 Å². The lowest BCUT2D eigenvalue weighted by atomic mass is 9.96. The number of hydrogen-bond acceptors (Lipinski definition) is 3. The topological polar surface area (TPSA) is 50.8 Å². The van der Waals surface area contributed by atoms with Gasteiger partial charge < -0.3 is 4.74 Å². The average Bonchev–Trinajstić information content (AvgIpc) is 2.74. The second-order valence-corrected chi connectivity index (χ2v) is 4.69. The third kappa shape index (κ3) is 2.08. The lowest BCUT2D eigenvalue weighted by Crippen LogP contribution is -2.01. The highest BCUT2D eigenvalue weighted by molar-refractivity contribution is 5.74. The molecule has 0 aliphatic heterocycles. The number of ether oxygens (including phenoxy) is 1. The number of aromatic nitrogens is 2. The average molecular weight is 255 g/mol. The van der Waals surface area contributed by atoms with Crippen molar-refractivity contribution in [2.75, 3.05) is 7.11 Å². The number of benzene rings is 1. The van der Waals surface area contributed by atoms with Gasteiger partial charge in [-0.25, -0.2) is 0 Å². The Morgan fingerprint density at radius 3 is 2.42 bits per heavy atom. The summed E-state index contributed by atoms with van der Waals surface area (Å²) in [7, 11) is 3.51. The highest BCUT2D eigenvalue weighted by atomic mass is 16.5. The van der Waals surface area contributed by atoms with Crippen LogP contribution in [0, 0.1) is 32.1 Å². The van der Waals surface area contributed by atoms with Crippen molar-refractivity contribution in [2.45, 2.75) is 20.8 Å². The number of hydrogen-bond donors (Lipinski definition) is 0. The van der Waals surface area contributed by atoms with Crippen LogP contribution in [0.4, 0.5) is 0 Å². The first-order chi connectivity index (χ1) is 8.99. The van der Waals surface area contributed by atoms with Crippen molar-refractivity contribution in [2.24, 2.45) is 7.05 Å². The molecule has 0 aliphatic carbocycles. The number of aryl methyl sites for hydroxylation is 3. The van der Waals surface area contributed by atoms with E-state index in [1.165, 1.54) is 5.56 Å². The van der Waals surface area contributed by atoms with Crippen LogP contribution in [0.25, 0.3) is 11.3 Å². The van der Waals surface area contributed by atoms with Crippen molar-refractivity contribution < 1.29 is 4.74 Å². The Kier molecular flexibility index (Phi) is 3.30. The van der Waals surface area contributed by atoms with Gasteiger partial charge in [0.1, 0.15) is 11.8 Å². The molecule has 0 aliphatic rings. The van der Waals surface area contributed by atoms with E-state index >= 15 is 0 Å². The molecular weight excluding hydrogens is 238 g/mol. The van der Waals surface area contributed by atoms with Crippen LogP contribution >= 0.6 is 0 Å². The van der Waals surface area contributed by atoms with Crippen molar-refractivity contribution in [3.63, 3.8) is 0 Å². The normalized spacial score (nSPS) is 10.3. The van der Waals surface area contributed by atoms with Crippen molar-refractivity contribution >= 4 is 0 Å². The Bertz CT molecular complexity index is 678. The van der Waals surface area contributed by atoms with Gasteiger partial charge in [-0.3, -0.25) is 4.68 Å². The molecule has 0 amide bonds. The zero-order valence-electron chi connectivity index (χ0n) is 11.9. The molecule has 0 N–H and O–H groups in total. The molecule has 0 fully saturated rings. The third-order valence-corrected chi connectivity index (χ3v) is 3.44. The van der Waals surface area contributed by atoms with E-state index in [0.29, 0.717) is 5.69 Å². The molecule has 0 radical (unpaired) electrons. The molecule has 0 bridgehead atoms. The van der Waals surface area contributed by atoms with Gasteiger partial charge in [-0.15, -0.1) is 0 Å². The molecule has 98 valence electrons. The summed E-state index contributed by atoms with van der Waals surface area (Å²) >= 11 is 0. The molecule has 2 rings (SSSR count). The fourth-order valence-corrected chi connectivity index (χ4v) is 2.38. The zero-order valence-corrected chi connectivity index (χ0v) is 11.9. The molecule has 0 unspecified atom stereocenters. The van der Waals surface area contributed by atoms with Crippen molar-refractivity contribution in [1.82, 2.24) is 9.78 Å². The van der Waals surface area contributed by atoms with Crippen LogP contribution in [0.5, 0.6) is 5.75 Å². The Balaban J connectivity index is 2.78. The Morgan fingerprint density at radius 1 is 1.21 bits per heavy atom. The summed E-state index contributed by atoms with van der Waals surface area (Å²) in [6, 6.07) is 5.99. The largest absolute Gasteiger partial charge is 0.496 e. The van der Waals surface area contributed by atoms with Crippen molar-refractivity contribution in [3.05, 3.63) is 34.5 Å². The summed E-state index contributed by atoms with van der Waals surface area (Å²) in [6.45, 7) is 6.15. The van der Waals surface area contributed by atoms with Gasteiger partial charge in [0.05, 0.1) is 12.8 Å². The fourth-order valence-electron chi connectivity index (χ4n) is 2.38. The van der Waals surface area contributed by atoms with Crippen LogP contribution in [0.15, 0.2) is 12.1 Å². The summed E-state index contributed by atoms with van der Waals surface area (Å²) in [4.78, 5) is 0. The minimum atomic E-state index is 0.414. The van der Waals surface area contributed by atoms with Gasteiger partial charge in [-0.05, 0) is 37.5 Å². The fraction of sp³-hybridized carbons (Fsp3) is 0.333. The van der Waals surface area contributed by atoms with Crippen LogP contribution in [0.1, 0.15) is 22.4 Å². The molecule has 0 saturated heterocycles. The molecular formula is C15H17N3O. The molecule has 2 aromatic rings. The molecule has 0 atom stereocenters. The first-order valence-electron chi connectivity index (χ1n) is 6.09. The Labute approximate surface area is 113 Å². The van der Waals surface area contributed by atoms with Gasteiger partial charge in [-0.1, -0.05) is 6.07 Å². The summed E-state index contributed by atoms with van der Waals surface area (Å²) in [5, 5.41) is 13.1. The molecule has 0 saturated carbocycles. The lowest BCUT2D eigenvalue weighted by Gasteiger charge is -2.16. The summed E-state index contributed by atoms with van der Waals surface area (Å²) < 4.78 is 7.29. The van der Waals surface area contributed by atoms with Crippen molar-refractivity contribution in [1.29, 1.82) is 5.26 Å². The second kappa shape index (κ2) is 4.77. The van der Waals surface area contributed by atoms with E-state index in [1.54, 1.807) is 17.9 Å². The maximum atomic E-state index is 8.96. The summed E-state index contributed by atoms with van der Waals surface area (Å²) in [5.41, 5.74) is 5.74. The Morgan fingerprint density at radius 2 is 1.89 bits per heavy atom. The smallest absolute Gasteiger partial charge is 0.163 e. The van der Waals surface area contributed by atoms with E-state index in [4.69, 9.17) is 10.00 Å². The van der Waals surface area contributed by atoms with Gasteiger partial charge >= 0.3 is 0 Å². The van der Waals surface area contributed by atoms with E-state index < -0.39 is 0 Å². The lowest BCUT2D eigenvalue weighted by molar-refractivity contribution is 0.412. The van der Waals surface area contributed by atoms with Gasteiger partial charge in [0.25, 0.3) is 0 Å². The number of nitriles is 1. The predicted octanol–water partition coefficient (Wildman–Crippen LogP) is 2.89. The van der Waals surface area contributed by atoms with E-state index in [1.807, 2.05) is 20.9 Å². The van der Waals surface area contributed by atoms with E-state index in [-0.39, 0.29) is 0 Å². The third-order valence-electron chi connectivity index (χ3n) is 3.44. The minimum Gasteiger partial charge on any atom is -0.496 e. The molecule has 4 nitrogen and oxygen atoms in total. The van der Waals surface area contributed by atoms with Crippen LogP contribution in [0.2, 0.25) is 0 Å². The summed E-state index contributed by atoms with van der Waals surface area (Å²) in [6.07, 6.45) is 0. The van der Waals surface area contributed by atoms with Crippen LogP contribution in [0.3, 0.4) is 0 Å².